The van der Waals surface area contributed by atoms with E-state index in [-0.39, 0.29) is 18.1 Å². The highest BCUT2D eigenvalue weighted by Crippen LogP contribution is 2.37. The molecule has 2 saturated heterocycles. The molecule has 6 rings (SSSR count). The summed E-state index contributed by atoms with van der Waals surface area (Å²) in [4.78, 5) is 39.6. The Bertz CT molecular complexity index is 1470. The highest BCUT2D eigenvalue weighted by molar-refractivity contribution is 5.91. The summed E-state index contributed by atoms with van der Waals surface area (Å²) in [5, 5.41) is 14.0. The number of anilines is 2. The van der Waals surface area contributed by atoms with E-state index in [0.29, 0.717) is 38.3 Å². The highest BCUT2D eigenvalue weighted by atomic mass is 16.7. The van der Waals surface area contributed by atoms with Crippen LogP contribution < -0.4 is 10.6 Å². The first-order valence-electron chi connectivity index (χ1n) is 17.1. The largest absolute Gasteiger partial charge is 0.465 e. The number of carboxylic acid groups (broad SMARTS) is 1. The van der Waals surface area contributed by atoms with E-state index in [0.717, 1.165) is 53.6 Å². The van der Waals surface area contributed by atoms with Gasteiger partial charge in [0.1, 0.15) is 0 Å². The van der Waals surface area contributed by atoms with E-state index in [2.05, 4.69) is 15.5 Å². The molecule has 2 heterocycles. The molecule has 3 aromatic rings. The maximum atomic E-state index is 12.4. The minimum absolute atomic E-state index is 0.000298. The molecule has 0 radical (unpaired) electrons. The van der Waals surface area contributed by atoms with Crippen LogP contribution in [0.3, 0.4) is 0 Å². The molecule has 0 spiro atoms. The van der Waals surface area contributed by atoms with Crippen LogP contribution in [0.5, 0.6) is 0 Å². The van der Waals surface area contributed by atoms with Crippen LogP contribution >= 0.6 is 0 Å². The molecule has 3 N–H and O–H groups in total. The normalized spacial score (nSPS) is 18.9. The number of likely N-dealkylation sites (tertiary alicyclic amines) is 1. The fourth-order valence-electron chi connectivity index (χ4n) is 6.79. The predicted octanol–water partition coefficient (Wildman–Crippen LogP) is 6.86. The first-order valence-corrected chi connectivity index (χ1v) is 17.1. The van der Waals surface area contributed by atoms with Crippen molar-refractivity contribution < 1.29 is 29.0 Å². The summed E-state index contributed by atoms with van der Waals surface area (Å²) in [7, 11) is 1.88. The molecule has 3 aromatic carbocycles. The zero-order chi connectivity index (χ0) is 33.7. The summed E-state index contributed by atoms with van der Waals surface area (Å²) >= 11 is 0. The SMILES string of the molecule is CN(CCCCC(=O)Nc1ccc(C2OCCO2)cc1)C(=O)CCN1CC2CCCC2C1.O=C(O)Nc1ccccc1-c1ccccc1. The number of hydrogen-bond donors (Lipinski definition) is 3. The average Bonchev–Trinajstić information content (AvgIpc) is 3.86. The third-order valence-electron chi connectivity index (χ3n) is 9.36. The third-order valence-corrected chi connectivity index (χ3v) is 9.36. The molecule has 10 nitrogen and oxygen atoms in total. The monoisotopic (exact) mass is 656 g/mol. The van der Waals surface area contributed by atoms with Gasteiger partial charge in [0.15, 0.2) is 6.29 Å². The Labute approximate surface area is 283 Å². The van der Waals surface area contributed by atoms with Gasteiger partial charge in [-0.15, -0.1) is 0 Å². The van der Waals surface area contributed by atoms with Gasteiger partial charge in [-0.05, 0) is 61.3 Å². The number of benzene rings is 3. The smallest absolute Gasteiger partial charge is 0.409 e. The maximum absolute atomic E-state index is 12.4. The molecular formula is C38H48N4O6. The lowest BCUT2D eigenvalue weighted by molar-refractivity contribution is -0.130. The summed E-state index contributed by atoms with van der Waals surface area (Å²) in [5.41, 5.74) is 4.20. The van der Waals surface area contributed by atoms with Crippen molar-refractivity contribution in [3.8, 4) is 11.1 Å². The third kappa shape index (κ3) is 10.4. The van der Waals surface area contributed by atoms with Crippen LogP contribution in [0, 0.1) is 11.8 Å². The number of carbonyl (C=O) groups excluding carboxylic acids is 2. The number of carbonyl (C=O) groups is 3. The molecular weight excluding hydrogens is 608 g/mol. The standard InChI is InChI=1S/C25H37N3O4.C13H11NO2/c1-27(24(30)12-14-28-17-20-5-4-6-21(20)18-28)13-3-2-7-23(29)26-22-10-8-19(9-11-22)25-31-15-16-32-25;15-13(16)14-12-9-5-4-8-11(12)10-6-2-1-3-7-10/h8-11,20-21,25H,2-7,12-18H2,1H3,(H,26,29);1-9,14H,(H,15,16). The van der Waals surface area contributed by atoms with Gasteiger partial charge < -0.3 is 29.7 Å². The summed E-state index contributed by atoms with van der Waals surface area (Å²) in [5.74, 6) is 1.96. The van der Waals surface area contributed by atoms with Crippen molar-refractivity contribution in [2.75, 3.05) is 57.1 Å². The van der Waals surface area contributed by atoms with E-state index in [1.165, 1.54) is 32.4 Å². The van der Waals surface area contributed by atoms with Crippen molar-refractivity contribution in [2.45, 2.75) is 51.2 Å². The molecule has 10 heteroatoms. The molecule has 2 aliphatic heterocycles. The average molecular weight is 657 g/mol. The van der Waals surface area contributed by atoms with Crippen molar-refractivity contribution in [1.82, 2.24) is 9.80 Å². The van der Waals surface area contributed by atoms with E-state index in [9.17, 15) is 14.4 Å². The van der Waals surface area contributed by atoms with Gasteiger partial charge in [0, 0.05) is 62.9 Å². The van der Waals surface area contributed by atoms with Crippen LogP contribution in [0.4, 0.5) is 16.2 Å². The number of ether oxygens (including phenoxy) is 2. The number of unbranched alkanes of at least 4 members (excludes halogenated alkanes) is 1. The van der Waals surface area contributed by atoms with E-state index in [4.69, 9.17) is 14.6 Å². The van der Waals surface area contributed by atoms with Gasteiger partial charge in [-0.25, -0.2) is 4.79 Å². The zero-order valence-corrected chi connectivity index (χ0v) is 27.8. The Hall–Kier alpha value is -4.25. The van der Waals surface area contributed by atoms with Crippen LogP contribution in [0.1, 0.15) is 56.8 Å². The number of nitrogens with zero attached hydrogens (tertiary/aromatic N) is 2. The van der Waals surface area contributed by atoms with Crippen molar-refractivity contribution >= 4 is 29.3 Å². The van der Waals surface area contributed by atoms with Crippen molar-refractivity contribution in [2.24, 2.45) is 11.8 Å². The summed E-state index contributed by atoms with van der Waals surface area (Å²) in [6, 6.07) is 24.6. The number of fused-ring (bicyclic) bond motifs is 1. The van der Waals surface area contributed by atoms with Gasteiger partial charge in [0.05, 0.1) is 18.9 Å². The topological polar surface area (TPSA) is 120 Å². The Kier molecular flexibility index (Phi) is 13.0. The lowest BCUT2D eigenvalue weighted by Crippen LogP contribution is -2.32. The van der Waals surface area contributed by atoms with E-state index in [1.807, 2.05) is 78.7 Å². The molecule has 2 atom stereocenters. The number of amides is 3. The molecule has 1 saturated carbocycles. The summed E-state index contributed by atoms with van der Waals surface area (Å²) < 4.78 is 11.0. The first kappa shape index (κ1) is 35.1. The molecule has 48 heavy (non-hydrogen) atoms. The van der Waals surface area contributed by atoms with Crippen LogP contribution in [-0.2, 0) is 19.1 Å². The van der Waals surface area contributed by atoms with Crippen molar-refractivity contribution in [3.05, 3.63) is 84.4 Å². The molecule has 256 valence electrons. The molecule has 0 bridgehead atoms. The summed E-state index contributed by atoms with van der Waals surface area (Å²) in [6.07, 6.45) is 5.44. The van der Waals surface area contributed by atoms with Crippen LogP contribution in [0.25, 0.3) is 11.1 Å². The van der Waals surface area contributed by atoms with Gasteiger partial charge in [-0.2, -0.15) is 0 Å². The van der Waals surface area contributed by atoms with Crippen molar-refractivity contribution in [1.29, 1.82) is 0 Å². The Morgan fingerprint density at radius 1 is 0.833 bits per heavy atom. The second-order valence-electron chi connectivity index (χ2n) is 12.8. The summed E-state index contributed by atoms with van der Waals surface area (Å²) in [6.45, 7) is 5.18. The fourth-order valence-corrected chi connectivity index (χ4v) is 6.79. The minimum atomic E-state index is -1.05. The van der Waals surface area contributed by atoms with Gasteiger partial charge in [-0.3, -0.25) is 14.9 Å². The molecule has 1 aliphatic carbocycles. The van der Waals surface area contributed by atoms with Gasteiger partial charge in [0.25, 0.3) is 0 Å². The molecule has 2 unspecified atom stereocenters. The fraction of sp³-hybridized carbons (Fsp3) is 0.447. The number of hydrogen-bond acceptors (Lipinski definition) is 6. The maximum Gasteiger partial charge on any atom is 0.409 e. The minimum Gasteiger partial charge on any atom is -0.465 e. The van der Waals surface area contributed by atoms with Crippen molar-refractivity contribution in [3.63, 3.8) is 0 Å². The zero-order valence-electron chi connectivity index (χ0n) is 27.8. The number of rotatable bonds is 12. The molecule has 0 aromatic heterocycles. The van der Waals surface area contributed by atoms with Gasteiger partial charge >= 0.3 is 6.09 Å². The quantitative estimate of drug-likeness (QED) is 0.182. The second kappa shape index (κ2) is 17.8. The van der Waals surface area contributed by atoms with Gasteiger partial charge in [0.2, 0.25) is 11.8 Å². The molecule has 3 amide bonds. The molecule has 3 fully saturated rings. The van der Waals surface area contributed by atoms with E-state index in [1.54, 1.807) is 12.1 Å². The number of para-hydroxylation sites is 1. The van der Waals surface area contributed by atoms with Crippen LogP contribution in [0.2, 0.25) is 0 Å². The second-order valence-corrected chi connectivity index (χ2v) is 12.8. The van der Waals surface area contributed by atoms with Gasteiger partial charge in [-0.1, -0.05) is 67.1 Å². The Morgan fingerprint density at radius 2 is 1.50 bits per heavy atom. The lowest BCUT2D eigenvalue weighted by atomic mass is 10.0. The number of nitrogens with one attached hydrogen (secondary N) is 2. The first-order chi connectivity index (χ1) is 23.4. The highest BCUT2D eigenvalue weighted by Gasteiger charge is 2.35. The lowest BCUT2D eigenvalue weighted by Gasteiger charge is -2.20. The van der Waals surface area contributed by atoms with E-state index < -0.39 is 6.09 Å². The Balaban J connectivity index is 0.000000236. The van der Waals surface area contributed by atoms with Crippen LogP contribution in [-0.4, -0.2) is 79.3 Å². The molecule has 3 aliphatic rings. The van der Waals surface area contributed by atoms with E-state index >= 15 is 0 Å². The predicted molar refractivity (Wildman–Crippen MR) is 187 cm³/mol. The van der Waals surface area contributed by atoms with Crippen LogP contribution in [0.15, 0.2) is 78.9 Å². The Morgan fingerprint density at radius 3 is 2.19 bits per heavy atom.